The van der Waals surface area contributed by atoms with Gasteiger partial charge in [-0.15, -0.1) is 11.3 Å². The van der Waals surface area contributed by atoms with Crippen molar-refractivity contribution in [3.8, 4) is 0 Å². The van der Waals surface area contributed by atoms with E-state index in [0.717, 1.165) is 37.2 Å². The van der Waals surface area contributed by atoms with Crippen molar-refractivity contribution in [1.29, 1.82) is 0 Å². The van der Waals surface area contributed by atoms with Crippen LogP contribution in [0.2, 0.25) is 10.0 Å². The van der Waals surface area contributed by atoms with E-state index >= 15 is 0 Å². The molecule has 5 heterocycles. The number of carbonyl (C=O) groups excluding carboxylic acids is 1. The number of carboxylic acids is 2. The molecule has 0 bridgehead atoms. The normalized spacial score (nSPS) is 24.6. The molecule has 264 valence electrons. The molecule has 2 aromatic rings. The molecule has 4 aliphatic heterocycles. The van der Waals surface area contributed by atoms with Crippen LogP contribution < -0.4 is 10.6 Å². The molecule has 4 N–H and O–H groups in total. The molecule has 0 aliphatic carbocycles. The number of thiazole rings is 1. The van der Waals surface area contributed by atoms with Crippen LogP contribution in [-0.4, -0.2) is 99.4 Å². The fraction of sp³-hybridized carbons (Fsp3) is 0.543. The highest BCUT2D eigenvalue weighted by molar-refractivity contribution is 7.09. The summed E-state index contributed by atoms with van der Waals surface area (Å²) in [7, 11) is 0. The van der Waals surface area contributed by atoms with Gasteiger partial charge < -0.3 is 30.5 Å². The number of hydrogen-bond acceptors (Lipinski definition) is 9. The third kappa shape index (κ3) is 7.27. The minimum atomic E-state index is -1.36. The van der Waals surface area contributed by atoms with Crippen LogP contribution in [0.3, 0.4) is 0 Å². The van der Waals surface area contributed by atoms with Gasteiger partial charge in [0, 0.05) is 77.2 Å². The maximum atomic E-state index is 14.0. The Balaban J connectivity index is 1.26. The standard InChI is InChI=1S/C35H43Cl2N5O6S/c1-3-35(4-2)32(48-35)31(23-9-6-12-38-23)42-16-14-41(15-17-42)26(43)19-24-29(34(46)47)30(27-20(36)7-5-8-21(27)37)28(33(44)45)22(40-24)10-11-25-39-13-18-49-25/h5,7-8,13,18,23,30-32,38,40H,3-4,6,9-12,14-17,19H2,1-2H3,(H,44,45)(H,46,47). The summed E-state index contributed by atoms with van der Waals surface area (Å²) < 4.78 is 6.38. The number of allylic oxidation sites excluding steroid dienone is 1. The van der Waals surface area contributed by atoms with Gasteiger partial charge >= 0.3 is 11.9 Å². The van der Waals surface area contributed by atoms with E-state index in [1.807, 2.05) is 5.38 Å². The lowest BCUT2D eigenvalue weighted by Gasteiger charge is -2.42. The zero-order chi connectivity index (χ0) is 34.9. The number of rotatable bonds is 13. The molecule has 6 rings (SSSR count). The monoisotopic (exact) mass is 731 g/mol. The molecule has 1 amide bonds. The van der Waals surface area contributed by atoms with E-state index in [-0.39, 0.29) is 68.9 Å². The first kappa shape index (κ1) is 35.8. The Bertz CT molecular complexity index is 1610. The van der Waals surface area contributed by atoms with Gasteiger partial charge in [-0.05, 0) is 50.8 Å². The first-order valence-electron chi connectivity index (χ1n) is 17.0. The fourth-order valence-corrected chi connectivity index (χ4v) is 9.18. The third-order valence-corrected chi connectivity index (χ3v) is 12.1. The van der Waals surface area contributed by atoms with Gasteiger partial charge in [0.2, 0.25) is 5.91 Å². The molecule has 0 saturated carbocycles. The summed E-state index contributed by atoms with van der Waals surface area (Å²) in [6.07, 6.45) is 6.39. The van der Waals surface area contributed by atoms with Gasteiger partial charge in [0.15, 0.2) is 0 Å². The maximum Gasteiger partial charge on any atom is 0.334 e. The number of carboxylic acid groups (broad SMARTS) is 2. The number of dihydropyridines is 1. The number of ether oxygens (including phenoxy) is 1. The molecule has 0 spiro atoms. The minimum Gasteiger partial charge on any atom is -0.478 e. The number of carbonyl (C=O) groups is 3. The number of hydrogen-bond donors (Lipinski definition) is 4. The number of amides is 1. The third-order valence-electron chi connectivity index (χ3n) is 10.6. The van der Waals surface area contributed by atoms with Gasteiger partial charge in [-0.2, -0.15) is 0 Å². The van der Waals surface area contributed by atoms with Crippen molar-refractivity contribution < 1.29 is 29.3 Å². The lowest BCUT2D eigenvalue weighted by atomic mass is 9.79. The maximum absolute atomic E-state index is 14.0. The second-order valence-corrected chi connectivity index (χ2v) is 14.9. The number of benzene rings is 1. The first-order valence-corrected chi connectivity index (χ1v) is 18.7. The van der Waals surface area contributed by atoms with E-state index in [2.05, 4.69) is 34.4 Å². The number of epoxide rings is 1. The van der Waals surface area contributed by atoms with Crippen molar-refractivity contribution in [3.05, 3.63) is 72.9 Å². The Hall–Kier alpha value is -3.00. The van der Waals surface area contributed by atoms with Crippen LogP contribution in [0.15, 0.2) is 52.3 Å². The van der Waals surface area contributed by atoms with E-state index in [4.69, 9.17) is 27.9 Å². The van der Waals surface area contributed by atoms with Crippen LogP contribution in [0, 0.1) is 0 Å². The molecule has 0 radical (unpaired) electrons. The van der Waals surface area contributed by atoms with Gasteiger partial charge in [-0.1, -0.05) is 43.1 Å². The van der Waals surface area contributed by atoms with Crippen molar-refractivity contribution in [2.45, 2.75) is 88.5 Å². The summed E-state index contributed by atoms with van der Waals surface area (Å²) in [6, 6.07) is 5.28. The van der Waals surface area contributed by atoms with Gasteiger partial charge in [-0.3, -0.25) is 9.69 Å². The van der Waals surface area contributed by atoms with Crippen LogP contribution in [0.1, 0.15) is 68.9 Å². The summed E-state index contributed by atoms with van der Waals surface area (Å²) in [5.41, 5.74) is 0.0956. The van der Waals surface area contributed by atoms with Crippen molar-refractivity contribution in [1.82, 2.24) is 25.4 Å². The van der Waals surface area contributed by atoms with Crippen molar-refractivity contribution in [2.75, 3.05) is 32.7 Å². The van der Waals surface area contributed by atoms with Crippen molar-refractivity contribution in [2.24, 2.45) is 0 Å². The molecule has 14 heteroatoms. The Morgan fingerprint density at radius 1 is 1.04 bits per heavy atom. The summed E-state index contributed by atoms with van der Waals surface area (Å²) in [5.74, 6) is -4.20. The molecule has 3 fully saturated rings. The molecular formula is C35H43Cl2N5O6S. The largest absolute Gasteiger partial charge is 0.478 e. The Kier molecular flexibility index (Phi) is 11.0. The molecule has 49 heavy (non-hydrogen) atoms. The smallest absolute Gasteiger partial charge is 0.334 e. The Morgan fingerprint density at radius 2 is 1.71 bits per heavy atom. The van der Waals surface area contributed by atoms with Crippen molar-refractivity contribution in [3.63, 3.8) is 0 Å². The van der Waals surface area contributed by atoms with Crippen LogP contribution in [0.5, 0.6) is 0 Å². The van der Waals surface area contributed by atoms with Crippen LogP contribution in [0.25, 0.3) is 0 Å². The van der Waals surface area contributed by atoms with E-state index in [1.165, 1.54) is 11.3 Å². The molecule has 4 aliphatic rings. The van der Waals surface area contributed by atoms with Gasteiger partial charge in [0.25, 0.3) is 0 Å². The Morgan fingerprint density at radius 3 is 2.27 bits per heavy atom. The average Bonchev–Trinajstić information content (AvgIpc) is 3.40. The van der Waals surface area contributed by atoms with Crippen LogP contribution >= 0.6 is 34.5 Å². The average molecular weight is 733 g/mol. The van der Waals surface area contributed by atoms with Gasteiger partial charge in [0.05, 0.1) is 40.1 Å². The minimum absolute atomic E-state index is 0.0884. The summed E-state index contributed by atoms with van der Waals surface area (Å²) in [5, 5.41) is 30.8. The Labute approximate surface area is 300 Å². The molecule has 4 unspecified atom stereocenters. The second-order valence-electron chi connectivity index (χ2n) is 13.1. The number of piperazine rings is 1. The topological polar surface area (TPSA) is 148 Å². The lowest BCUT2D eigenvalue weighted by Crippen LogP contribution is -2.59. The van der Waals surface area contributed by atoms with Gasteiger partial charge in [-0.25, -0.2) is 14.6 Å². The van der Waals surface area contributed by atoms with Crippen molar-refractivity contribution >= 4 is 52.4 Å². The number of halogens is 2. The number of aryl methyl sites for hydroxylation is 1. The van der Waals surface area contributed by atoms with E-state index < -0.39 is 17.9 Å². The molecule has 3 saturated heterocycles. The number of aliphatic carboxylic acids is 2. The SMILES string of the molecule is CCC1(CC)OC1C(C1CCCN1)N1CCN(C(=O)CC2=C(C(=O)O)C(c3c(Cl)cccc3Cl)C(C(=O)O)=C(CCc3nccs3)N2)CC1. The molecule has 1 aromatic heterocycles. The number of aromatic nitrogens is 1. The van der Waals surface area contributed by atoms with E-state index in [0.29, 0.717) is 44.3 Å². The first-order chi connectivity index (χ1) is 23.6. The number of nitrogens with one attached hydrogen (secondary N) is 2. The summed E-state index contributed by atoms with van der Waals surface area (Å²) in [4.78, 5) is 48.4. The van der Waals surface area contributed by atoms with Crippen LogP contribution in [-0.2, 0) is 25.5 Å². The zero-order valence-corrected chi connectivity index (χ0v) is 30.0. The molecular weight excluding hydrogens is 689 g/mol. The predicted octanol–water partition coefficient (Wildman–Crippen LogP) is 5.06. The highest BCUT2D eigenvalue weighted by Gasteiger charge is 2.60. The number of nitrogens with zero attached hydrogens (tertiary/aromatic N) is 3. The van der Waals surface area contributed by atoms with E-state index in [9.17, 15) is 24.6 Å². The molecule has 1 aromatic carbocycles. The predicted molar refractivity (Wildman–Crippen MR) is 188 cm³/mol. The van der Waals surface area contributed by atoms with Crippen LogP contribution in [0.4, 0.5) is 0 Å². The fourth-order valence-electron chi connectivity index (χ4n) is 7.95. The zero-order valence-electron chi connectivity index (χ0n) is 27.7. The van der Waals surface area contributed by atoms with Gasteiger partial charge in [0.1, 0.15) is 6.10 Å². The molecule has 4 atom stereocenters. The lowest BCUT2D eigenvalue weighted by molar-refractivity contribution is -0.133. The van der Waals surface area contributed by atoms with E-state index in [1.54, 1.807) is 29.3 Å². The summed E-state index contributed by atoms with van der Waals surface area (Å²) >= 11 is 14.6. The summed E-state index contributed by atoms with van der Waals surface area (Å²) in [6.45, 7) is 7.69. The highest BCUT2D eigenvalue weighted by atomic mass is 35.5. The second kappa shape index (κ2) is 15.1. The molecule has 11 nitrogen and oxygen atoms in total. The quantitative estimate of drug-likeness (QED) is 0.206. The highest BCUT2D eigenvalue weighted by Crippen LogP contribution is 2.48.